The summed E-state index contributed by atoms with van der Waals surface area (Å²) in [7, 11) is 0. The zero-order valence-corrected chi connectivity index (χ0v) is 16.3. The highest BCUT2D eigenvalue weighted by molar-refractivity contribution is 7.98. The van der Waals surface area contributed by atoms with Crippen LogP contribution < -0.4 is 9.64 Å². The standard InChI is InChI=1S/C19H15N5O4S/c1-11(25)23-15-9-4-3-8-14(15)16-17(20-19(29-2)22-21-16)28-18(23)12-6-5-7-13(10-12)24(26)27/h3-10,18H,1-2H3/t18-/m0/s1. The lowest BCUT2D eigenvalue weighted by Crippen LogP contribution is -2.36. The third kappa shape index (κ3) is 3.38. The minimum atomic E-state index is -0.957. The van der Waals surface area contributed by atoms with E-state index in [1.807, 2.05) is 12.3 Å². The van der Waals surface area contributed by atoms with Gasteiger partial charge in [0.2, 0.25) is 23.2 Å². The Morgan fingerprint density at radius 3 is 2.72 bits per heavy atom. The van der Waals surface area contributed by atoms with Gasteiger partial charge < -0.3 is 4.74 Å². The van der Waals surface area contributed by atoms with Crippen molar-refractivity contribution in [3.63, 3.8) is 0 Å². The molecule has 146 valence electrons. The predicted octanol–water partition coefficient (Wildman–Crippen LogP) is 3.61. The molecule has 0 bridgehead atoms. The van der Waals surface area contributed by atoms with E-state index in [0.717, 1.165) is 0 Å². The van der Waals surface area contributed by atoms with E-state index in [1.165, 1.54) is 35.7 Å². The third-order valence-corrected chi connectivity index (χ3v) is 4.94. The number of hydrogen-bond acceptors (Lipinski definition) is 8. The van der Waals surface area contributed by atoms with E-state index >= 15 is 0 Å². The molecule has 0 aliphatic carbocycles. The number of nitrogens with zero attached hydrogens (tertiary/aromatic N) is 5. The molecular weight excluding hydrogens is 394 g/mol. The summed E-state index contributed by atoms with van der Waals surface area (Å²) in [5.41, 5.74) is 1.94. The van der Waals surface area contributed by atoms with Gasteiger partial charge in [-0.25, -0.2) is 0 Å². The smallest absolute Gasteiger partial charge is 0.269 e. The van der Waals surface area contributed by atoms with Crippen LogP contribution in [0, 0.1) is 10.1 Å². The van der Waals surface area contributed by atoms with Gasteiger partial charge in [-0.15, -0.1) is 10.2 Å². The molecule has 0 saturated heterocycles. The quantitative estimate of drug-likeness (QED) is 0.366. The first kappa shape index (κ1) is 18.8. The number of hydrogen-bond donors (Lipinski definition) is 0. The Balaban J connectivity index is 1.96. The van der Waals surface area contributed by atoms with Crippen LogP contribution in [0.5, 0.6) is 5.88 Å². The van der Waals surface area contributed by atoms with Crippen molar-refractivity contribution < 1.29 is 14.5 Å². The lowest BCUT2D eigenvalue weighted by molar-refractivity contribution is -0.385. The molecule has 29 heavy (non-hydrogen) atoms. The normalized spacial score (nSPS) is 15.0. The lowest BCUT2D eigenvalue weighted by atomic mass is 10.1. The second kappa shape index (κ2) is 7.47. The van der Waals surface area contributed by atoms with Gasteiger partial charge in [-0.05, 0) is 12.3 Å². The Morgan fingerprint density at radius 2 is 2.00 bits per heavy atom. The molecule has 1 aliphatic rings. The Kier molecular flexibility index (Phi) is 4.85. The molecule has 2 heterocycles. The predicted molar refractivity (Wildman–Crippen MR) is 107 cm³/mol. The van der Waals surface area contributed by atoms with E-state index in [9.17, 15) is 14.9 Å². The number of carbonyl (C=O) groups is 1. The van der Waals surface area contributed by atoms with Gasteiger partial charge >= 0.3 is 0 Å². The number of non-ortho nitro benzene ring substituents is 1. The monoisotopic (exact) mass is 409 g/mol. The number of nitro benzene ring substituents is 1. The minimum absolute atomic E-state index is 0.0991. The number of rotatable bonds is 3. The van der Waals surface area contributed by atoms with Crippen LogP contribution in [0.3, 0.4) is 0 Å². The number of aromatic nitrogens is 3. The Labute approximate surface area is 169 Å². The van der Waals surface area contributed by atoms with Crippen LogP contribution in [0.15, 0.2) is 53.7 Å². The van der Waals surface area contributed by atoms with E-state index in [-0.39, 0.29) is 17.5 Å². The van der Waals surface area contributed by atoms with Gasteiger partial charge in [-0.3, -0.25) is 19.8 Å². The first-order valence-corrected chi connectivity index (χ1v) is 9.81. The summed E-state index contributed by atoms with van der Waals surface area (Å²) in [6.45, 7) is 1.41. The van der Waals surface area contributed by atoms with Gasteiger partial charge in [-0.1, -0.05) is 42.1 Å². The van der Waals surface area contributed by atoms with Gasteiger partial charge in [0, 0.05) is 30.2 Å². The van der Waals surface area contributed by atoms with Crippen LogP contribution in [0.4, 0.5) is 11.4 Å². The van der Waals surface area contributed by atoms with Crippen molar-refractivity contribution >= 4 is 29.0 Å². The van der Waals surface area contributed by atoms with Crippen LogP contribution in [0.1, 0.15) is 18.7 Å². The molecule has 3 aromatic rings. The molecule has 9 nitrogen and oxygen atoms in total. The largest absolute Gasteiger partial charge is 0.447 e. The van der Waals surface area contributed by atoms with Gasteiger partial charge in [0.1, 0.15) is 0 Å². The van der Waals surface area contributed by atoms with Crippen molar-refractivity contribution in [2.45, 2.75) is 18.3 Å². The molecule has 0 spiro atoms. The second-order valence-electron chi connectivity index (χ2n) is 6.18. The van der Waals surface area contributed by atoms with Crippen molar-refractivity contribution in [3.05, 3.63) is 64.2 Å². The van der Waals surface area contributed by atoms with E-state index in [2.05, 4.69) is 15.2 Å². The summed E-state index contributed by atoms with van der Waals surface area (Å²) in [5.74, 6) is -0.0862. The number of amides is 1. The van der Waals surface area contributed by atoms with E-state index in [1.54, 1.807) is 30.3 Å². The van der Waals surface area contributed by atoms with Crippen LogP contribution >= 0.6 is 11.8 Å². The number of carbonyl (C=O) groups excluding carboxylic acids is 1. The highest BCUT2D eigenvalue weighted by Crippen LogP contribution is 2.43. The number of ether oxygens (including phenoxy) is 1. The maximum atomic E-state index is 12.6. The number of thioether (sulfide) groups is 1. The number of nitro groups is 1. The van der Waals surface area contributed by atoms with Gasteiger partial charge in [0.15, 0.2) is 5.69 Å². The molecule has 2 aromatic carbocycles. The SMILES string of the molecule is CSc1nnc2c(n1)O[C@@H](c1cccc([N+](=O)[O-])c1)N(C(C)=O)c1ccccc1-2. The zero-order valence-electron chi connectivity index (χ0n) is 15.5. The molecule has 0 radical (unpaired) electrons. The number of fused-ring (bicyclic) bond motifs is 3. The molecule has 0 fully saturated rings. The summed E-state index contributed by atoms with van der Waals surface area (Å²) in [5, 5.41) is 20.0. The molecule has 1 atom stereocenters. The maximum absolute atomic E-state index is 12.6. The van der Waals surface area contributed by atoms with Crippen LogP contribution in [-0.4, -0.2) is 32.3 Å². The molecule has 0 saturated carbocycles. The fraction of sp³-hybridized carbons (Fsp3) is 0.158. The van der Waals surface area contributed by atoms with Crippen LogP contribution in [0.25, 0.3) is 11.3 Å². The molecular formula is C19H15N5O4S. The van der Waals surface area contributed by atoms with Gasteiger partial charge in [0.05, 0.1) is 10.6 Å². The number of para-hydroxylation sites is 1. The molecule has 4 rings (SSSR count). The van der Waals surface area contributed by atoms with Crippen molar-refractivity contribution in [3.8, 4) is 17.1 Å². The van der Waals surface area contributed by atoms with Gasteiger partial charge in [-0.2, -0.15) is 4.98 Å². The van der Waals surface area contributed by atoms with Crippen LogP contribution in [-0.2, 0) is 4.79 Å². The average molecular weight is 409 g/mol. The van der Waals surface area contributed by atoms with Crippen molar-refractivity contribution in [1.82, 2.24) is 15.2 Å². The van der Waals surface area contributed by atoms with Crippen LogP contribution in [0.2, 0.25) is 0 Å². The summed E-state index contributed by atoms with van der Waals surface area (Å²) in [6.07, 6.45) is 0.856. The minimum Gasteiger partial charge on any atom is -0.447 e. The lowest BCUT2D eigenvalue weighted by Gasteiger charge is -2.29. The number of anilines is 1. The first-order chi connectivity index (χ1) is 14.0. The summed E-state index contributed by atoms with van der Waals surface area (Å²) in [6, 6.07) is 13.2. The van der Waals surface area contributed by atoms with E-state index in [0.29, 0.717) is 27.7 Å². The fourth-order valence-electron chi connectivity index (χ4n) is 3.15. The zero-order chi connectivity index (χ0) is 20.5. The second-order valence-corrected chi connectivity index (χ2v) is 6.95. The Hall–Kier alpha value is -3.53. The summed E-state index contributed by atoms with van der Waals surface area (Å²) in [4.78, 5) is 29.3. The first-order valence-electron chi connectivity index (χ1n) is 8.58. The summed E-state index contributed by atoms with van der Waals surface area (Å²) < 4.78 is 6.13. The van der Waals surface area contributed by atoms with E-state index < -0.39 is 11.2 Å². The van der Waals surface area contributed by atoms with Crippen molar-refractivity contribution in [1.29, 1.82) is 0 Å². The fourth-order valence-corrected chi connectivity index (χ4v) is 3.44. The summed E-state index contributed by atoms with van der Waals surface area (Å²) >= 11 is 1.31. The molecule has 0 unspecified atom stereocenters. The van der Waals surface area contributed by atoms with Crippen molar-refractivity contribution in [2.24, 2.45) is 0 Å². The molecule has 1 aliphatic heterocycles. The average Bonchev–Trinajstić information content (AvgIpc) is 2.87. The molecule has 1 amide bonds. The topological polar surface area (TPSA) is 111 Å². The maximum Gasteiger partial charge on any atom is 0.269 e. The molecule has 1 aromatic heterocycles. The molecule has 10 heteroatoms. The van der Waals surface area contributed by atoms with Crippen molar-refractivity contribution in [2.75, 3.05) is 11.2 Å². The Bertz CT molecular complexity index is 1120. The Morgan fingerprint density at radius 1 is 1.21 bits per heavy atom. The van der Waals surface area contributed by atoms with E-state index in [4.69, 9.17) is 4.74 Å². The molecule has 0 N–H and O–H groups in total. The third-order valence-electron chi connectivity index (χ3n) is 4.40. The number of benzene rings is 2. The highest BCUT2D eigenvalue weighted by atomic mass is 32.2. The van der Waals surface area contributed by atoms with Gasteiger partial charge in [0.25, 0.3) is 5.69 Å². The highest BCUT2D eigenvalue weighted by Gasteiger charge is 2.35.